The number of aromatic nitrogens is 1. The molecule has 0 amide bonds. The van der Waals surface area contributed by atoms with Gasteiger partial charge in [-0.2, -0.15) is 0 Å². The topological polar surface area (TPSA) is 42.2 Å². The Morgan fingerprint density at radius 2 is 2.06 bits per heavy atom. The van der Waals surface area contributed by atoms with Gasteiger partial charge in [-0.3, -0.25) is 0 Å². The maximum atomic E-state index is 11.2. The highest BCUT2D eigenvalue weighted by atomic mass is 127. The summed E-state index contributed by atoms with van der Waals surface area (Å²) in [7, 11) is 0. The fourth-order valence-electron chi connectivity index (χ4n) is 2.04. The Morgan fingerprint density at radius 3 is 2.67 bits per heavy atom. The van der Waals surface area contributed by atoms with Crippen LogP contribution in [-0.2, 0) is 6.42 Å². The number of carboxylic acids is 1. The summed E-state index contributed by atoms with van der Waals surface area (Å²) in [5.41, 5.74) is 1.56. The minimum absolute atomic E-state index is 0.127. The van der Waals surface area contributed by atoms with Crippen LogP contribution in [0, 0.1) is 3.57 Å². The molecule has 1 heterocycles. The van der Waals surface area contributed by atoms with E-state index in [9.17, 15) is 4.79 Å². The smallest absolute Gasteiger partial charge is 0.352 e. The highest BCUT2D eigenvalue weighted by molar-refractivity contribution is 14.1. The van der Waals surface area contributed by atoms with Crippen molar-refractivity contribution in [3.8, 4) is 0 Å². The quantitative estimate of drug-likeness (QED) is 0.852. The van der Waals surface area contributed by atoms with Gasteiger partial charge in [0.15, 0.2) is 0 Å². The van der Waals surface area contributed by atoms with Crippen LogP contribution in [-0.4, -0.2) is 15.6 Å². The van der Waals surface area contributed by atoms with E-state index in [2.05, 4.69) is 34.7 Å². The Bertz CT molecular complexity index is 548. The molecule has 1 atom stereocenters. The number of halogens is 1. The maximum absolute atomic E-state index is 11.2. The monoisotopic (exact) mass is 355 g/mol. The van der Waals surface area contributed by atoms with E-state index < -0.39 is 5.97 Å². The van der Waals surface area contributed by atoms with Crippen LogP contribution in [0.15, 0.2) is 42.6 Å². The van der Waals surface area contributed by atoms with Gasteiger partial charge in [0, 0.05) is 15.8 Å². The van der Waals surface area contributed by atoms with Crippen molar-refractivity contribution in [1.29, 1.82) is 0 Å². The summed E-state index contributed by atoms with van der Waals surface area (Å²) < 4.78 is 2.78. The third-order valence-electron chi connectivity index (χ3n) is 2.88. The second-order valence-electron chi connectivity index (χ2n) is 4.29. The summed E-state index contributed by atoms with van der Waals surface area (Å²) in [5.74, 6) is -0.877. The Labute approximate surface area is 120 Å². The normalized spacial score (nSPS) is 12.3. The standard InChI is InChI=1S/C14H14INO2/c1-10(7-11-5-3-2-4-6-11)16-9-12(15)8-13(16)14(17)18/h2-6,8-10H,7H2,1H3,(H,17,18). The molecule has 18 heavy (non-hydrogen) atoms. The second kappa shape index (κ2) is 5.56. The van der Waals surface area contributed by atoms with Gasteiger partial charge < -0.3 is 9.67 Å². The predicted molar refractivity (Wildman–Crippen MR) is 79.0 cm³/mol. The van der Waals surface area contributed by atoms with Crippen LogP contribution in [0.3, 0.4) is 0 Å². The molecule has 1 unspecified atom stereocenters. The van der Waals surface area contributed by atoms with E-state index in [1.165, 1.54) is 5.56 Å². The molecule has 0 spiro atoms. The number of carboxylic acid groups (broad SMARTS) is 1. The highest BCUT2D eigenvalue weighted by Gasteiger charge is 2.16. The number of nitrogens with zero attached hydrogens (tertiary/aromatic N) is 1. The largest absolute Gasteiger partial charge is 0.477 e. The van der Waals surface area contributed by atoms with E-state index in [-0.39, 0.29) is 6.04 Å². The van der Waals surface area contributed by atoms with Crippen LogP contribution in [0.2, 0.25) is 0 Å². The molecule has 0 saturated carbocycles. The molecule has 2 rings (SSSR count). The lowest BCUT2D eigenvalue weighted by Gasteiger charge is -2.15. The Balaban J connectivity index is 2.23. The molecule has 0 radical (unpaired) electrons. The first-order chi connectivity index (χ1) is 8.58. The zero-order valence-corrected chi connectivity index (χ0v) is 12.2. The maximum Gasteiger partial charge on any atom is 0.352 e. The van der Waals surface area contributed by atoms with Gasteiger partial charge in [0.05, 0.1) is 0 Å². The first-order valence-corrected chi connectivity index (χ1v) is 6.80. The molecule has 0 aliphatic heterocycles. The molecule has 1 aromatic carbocycles. The van der Waals surface area contributed by atoms with Crippen LogP contribution >= 0.6 is 22.6 Å². The lowest BCUT2D eigenvalue weighted by atomic mass is 10.1. The molecule has 0 aliphatic carbocycles. The highest BCUT2D eigenvalue weighted by Crippen LogP contribution is 2.20. The van der Waals surface area contributed by atoms with Gasteiger partial charge in [0.1, 0.15) is 5.69 Å². The van der Waals surface area contributed by atoms with Crippen molar-refractivity contribution in [3.63, 3.8) is 0 Å². The fourth-order valence-corrected chi connectivity index (χ4v) is 2.63. The third-order valence-corrected chi connectivity index (χ3v) is 3.47. The van der Waals surface area contributed by atoms with Gasteiger partial charge in [-0.1, -0.05) is 30.3 Å². The summed E-state index contributed by atoms with van der Waals surface area (Å²) in [6, 6.07) is 11.9. The average molecular weight is 355 g/mol. The van der Waals surface area contributed by atoms with Gasteiger partial charge in [0.2, 0.25) is 0 Å². The molecule has 4 heteroatoms. The average Bonchev–Trinajstić information content (AvgIpc) is 2.73. The van der Waals surface area contributed by atoms with Crippen molar-refractivity contribution in [2.24, 2.45) is 0 Å². The zero-order chi connectivity index (χ0) is 13.1. The van der Waals surface area contributed by atoms with Crippen molar-refractivity contribution in [1.82, 2.24) is 4.57 Å². The molecule has 0 bridgehead atoms. The van der Waals surface area contributed by atoms with Crippen molar-refractivity contribution in [2.45, 2.75) is 19.4 Å². The SMILES string of the molecule is CC(Cc1ccccc1)n1cc(I)cc1C(=O)O. The molecule has 0 saturated heterocycles. The summed E-state index contributed by atoms with van der Waals surface area (Å²) in [6.07, 6.45) is 2.71. The minimum atomic E-state index is -0.877. The number of carbonyl (C=O) groups is 1. The number of benzene rings is 1. The third kappa shape index (κ3) is 2.93. The molecule has 0 fully saturated rings. The molecular formula is C14H14INO2. The number of rotatable bonds is 4. The van der Waals surface area contributed by atoms with Crippen LogP contribution < -0.4 is 0 Å². The van der Waals surface area contributed by atoms with E-state index in [0.29, 0.717) is 5.69 Å². The molecule has 2 aromatic rings. The van der Waals surface area contributed by atoms with Crippen molar-refractivity contribution in [2.75, 3.05) is 0 Å². The summed E-state index contributed by atoms with van der Waals surface area (Å²) in [4.78, 5) is 11.2. The van der Waals surface area contributed by atoms with Crippen molar-refractivity contribution >= 4 is 28.6 Å². The zero-order valence-electron chi connectivity index (χ0n) is 10.0. The molecular weight excluding hydrogens is 341 g/mol. The summed E-state index contributed by atoms with van der Waals surface area (Å²) in [6.45, 7) is 2.04. The van der Waals surface area contributed by atoms with E-state index in [4.69, 9.17) is 5.11 Å². The first kappa shape index (κ1) is 13.1. The number of hydrogen-bond acceptors (Lipinski definition) is 1. The number of hydrogen-bond donors (Lipinski definition) is 1. The van der Waals surface area contributed by atoms with Gasteiger partial charge >= 0.3 is 5.97 Å². The van der Waals surface area contributed by atoms with E-state index in [1.54, 1.807) is 6.07 Å². The predicted octanol–water partition coefficient (Wildman–Crippen LogP) is 3.59. The van der Waals surface area contributed by atoms with Crippen molar-refractivity contribution in [3.05, 3.63) is 57.4 Å². The Kier molecular flexibility index (Phi) is 4.06. The minimum Gasteiger partial charge on any atom is -0.477 e. The molecule has 1 N–H and O–H groups in total. The number of aromatic carboxylic acids is 1. The fraction of sp³-hybridized carbons (Fsp3) is 0.214. The molecule has 1 aromatic heterocycles. The first-order valence-electron chi connectivity index (χ1n) is 5.72. The lowest BCUT2D eigenvalue weighted by Crippen LogP contribution is -2.13. The Hall–Kier alpha value is -1.30. The molecule has 94 valence electrons. The molecule has 3 nitrogen and oxygen atoms in total. The Morgan fingerprint density at radius 1 is 1.39 bits per heavy atom. The summed E-state index contributed by atoms with van der Waals surface area (Å²) >= 11 is 2.14. The van der Waals surface area contributed by atoms with E-state index >= 15 is 0 Å². The van der Waals surface area contributed by atoms with Crippen LogP contribution in [0.5, 0.6) is 0 Å². The summed E-state index contributed by atoms with van der Waals surface area (Å²) in [5, 5.41) is 9.17. The van der Waals surface area contributed by atoms with Crippen LogP contribution in [0.25, 0.3) is 0 Å². The van der Waals surface area contributed by atoms with Crippen LogP contribution in [0.4, 0.5) is 0 Å². The molecule has 0 aliphatic rings. The van der Waals surface area contributed by atoms with Gasteiger partial charge in [-0.15, -0.1) is 0 Å². The second-order valence-corrected chi connectivity index (χ2v) is 5.54. The van der Waals surface area contributed by atoms with Gasteiger partial charge in [-0.25, -0.2) is 4.79 Å². The van der Waals surface area contributed by atoms with Gasteiger partial charge in [-0.05, 0) is 47.6 Å². The van der Waals surface area contributed by atoms with Crippen LogP contribution in [0.1, 0.15) is 29.0 Å². The van der Waals surface area contributed by atoms with E-state index in [0.717, 1.165) is 9.99 Å². The lowest BCUT2D eigenvalue weighted by molar-refractivity contribution is 0.0683. The van der Waals surface area contributed by atoms with Crippen molar-refractivity contribution < 1.29 is 9.90 Å². The van der Waals surface area contributed by atoms with E-state index in [1.807, 2.05) is 35.9 Å². The van der Waals surface area contributed by atoms with Gasteiger partial charge in [0.25, 0.3) is 0 Å².